The molecule has 0 saturated carbocycles. The highest BCUT2D eigenvalue weighted by atomic mass is 15.1. The van der Waals surface area contributed by atoms with Gasteiger partial charge in [0.05, 0.1) is 22.1 Å². The van der Waals surface area contributed by atoms with Crippen molar-refractivity contribution in [1.29, 1.82) is 0 Å². The fourth-order valence-corrected chi connectivity index (χ4v) is 9.48. The Kier molecular flexibility index (Phi) is 7.75. The summed E-state index contributed by atoms with van der Waals surface area (Å²) in [5, 5.41) is 2.51. The molecule has 0 unspecified atom stereocenters. The molecule has 2 nitrogen and oxygen atoms in total. The Morgan fingerprint density at radius 3 is 1.63 bits per heavy atom. The van der Waals surface area contributed by atoms with E-state index in [2.05, 4.69) is 240 Å². The van der Waals surface area contributed by atoms with Crippen LogP contribution in [0.25, 0.3) is 49.7 Å². The van der Waals surface area contributed by atoms with Crippen LogP contribution in [-0.4, -0.2) is 4.57 Å². The van der Waals surface area contributed by atoms with Gasteiger partial charge in [-0.1, -0.05) is 170 Å². The molecule has 268 valence electrons. The summed E-state index contributed by atoms with van der Waals surface area (Å²) in [5.41, 5.74) is 16.5. The SMILES string of the molecule is c1ccc(N(c2ccc(-c3ccc4c(c3)c3ccccc3n4-c3ccccc3)cc2)c2cccc3c2-c2ccccc2C3(c2ccccc2)c2ccccc2)cc1. The largest absolute Gasteiger partial charge is 0.310 e. The molecule has 10 aromatic rings. The van der Waals surface area contributed by atoms with E-state index in [-0.39, 0.29) is 0 Å². The molecule has 0 amide bonds. The lowest BCUT2D eigenvalue weighted by molar-refractivity contribution is 0.768. The standard InChI is InChI=1S/C55H38N2/c1-5-18-41(19-6-1)55(42-20-7-2-8-21-42)49-28-15-13-27-47(49)54-50(55)29-17-31-53(54)56(43-22-9-3-10-23-43)45-35-32-39(33-36-45)40-34-37-52-48(38-40)46-26-14-16-30-51(46)57(52)44-24-11-4-12-25-44/h1-38H. The minimum atomic E-state index is -0.473. The number of fused-ring (bicyclic) bond motifs is 6. The van der Waals surface area contributed by atoms with Crippen LogP contribution in [-0.2, 0) is 5.41 Å². The van der Waals surface area contributed by atoms with E-state index in [1.54, 1.807) is 0 Å². The third-order valence-electron chi connectivity index (χ3n) is 11.9. The summed E-state index contributed by atoms with van der Waals surface area (Å²) in [6.45, 7) is 0. The molecule has 11 rings (SSSR count). The molecular weight excluding hydrogens is 689 g/mol. The summed E-state index contributed by atoms with van der Waals surface area (Å²) >= 11 is 0. The Bertz CT molecular complexity index is 3000. The zero-order valence-electron chi connectivity index (χ0n) is 31.3. The Labute approximate surface area is 333 Å². The van der Waals surface area contributed by atoms with Gasteiger partial charge in [0, 0.05) is 33.4 Å². The highest BCUT2D eigenvalue weighted by Gasteiger charge is 2.47. The van der Waals surface area contributed by atoms with Gasteiger partial charge in [0.1, 0.15) is 0 Å². The molecule has 0 atom stereocenters. The first-order valence-electron chi connectivity index (χ1n) is 19.7. The molecule has 1 aliphatic rings. The minimum absolute atomic E-state index is 0.473. The summed E-state index contributed by atoms with van der Waals surface area (Å²) in [5.74, 6) is 0. The van der Waals surface area contributed by atoms with Crippen LogP contribution in [0.3, 0.4) is 0 Å². The first-order valence-corrected chi connectivity index (χ1v) is 19.7. The van der Waals surface area contributed by atoms with Crippen LogP contribution in [0.15, 0.2) is 231 Å². The summed E-state index contributed by atoms with van der Waals surface area (Å²) in [6.07, 6.45) is 0. The van der Waals surface area contributed by atoms with Crippen LogP contribution in [0.1, 0.15) is 22.3 Å². The molecule has 0 saturated heterocycles. The third kappa shape index (κ3) is 5.11. The van der Waals surface area contributed by atoms with E-state index in [9.17, 15) is 0 Å². The second-order valence-electron chi connectivity index (χ2n) is 14.9. The van der Waals surface area contributed by atoms with Crippen molar-refractivity contribution in [1.82, 2.24) is 4.57 Å². The van der Waals surface area contributed by atoms with Gasteiger partial charge in [0.25, 0.3) is 0 Å². The van der Waals surface area contributed by atoms with Gasteiger partial charge in [-0.25, -0.2) is 0 Å². The van der Waals surface area contributed by atoms with Gasteiger partial charge in [-0.2, -0.15) is 0 Å². The smallest absolute Gasteiger partial charge is 0.0714 e. The predicted molar refractivity (Wildman–Crippen MR) is 238 cm³/mol. The van der Waals surface area contributed by atoms with Crippen LogP contribution < -0.4 is 4.90 Å². The molecule has 9 aromatic carbocycles. The Morgan fingerprint density at radius 2 is 0.912 bits per heavy atom. The molecular formula is C55H38N2. The van der Waals surface area contributed by atoms with E-state index in [0.29, 0.717) is 0 Å². The van der Waals surface area contributed by atoms with Crippen LogP contribution in [0.5, 0.6) is 0 Å². The number of nitrogens with zero attached hydrogens (tertiary/aromatic N) is 2. The Hall–Kier alpha value is -7.42. The van der Waals surface area contributed by atoms with Crippen molar-refractivity contribution in [3.8, 4) is 27.9 Å². The molecule has 1 aliphatic carbocycles. The zero-order valence-corrected chi connectivity index (χ0v) is 31.3. The fourth-order valence-electron chi connectivity index (χ4n) is 9.48. The van der Waals surface area contributed by atoms with Gasteiger partial charge < -0.3 is 9.47 Å². The van der Waals surface area contributed by atoms with Gasteiger partial charge in [0.2, 0.25) is 0 Å². The number of aromatic nitrogens is 1. The van der Waals surface area contributed by atoms with Crippen molar-refractivity contribution in [2.24, 2.45) is 0 Å². The summed E-state index contributed by atoms with van der Waals surface area (Å²) in [6, 6.07) is 84.1. The molecule has 0 aliphatic heterocycles. The zero-order chi connectivity index (χ0) is 37.8. The molecule has 2 heteroatoms. The normalized spacial score (nSPS) is 12.7. The Morgan fingerprint density at radius 1 is 0.368 bits per heavy atom. The minimum Gasteiger partial charge on any atom is -0.310 e. The van der Waals surface area contributed by atoms with Crippen molar-refractivity contribution in [2.75, 3.05) is 4.90 Å². The molecule has 57 heavy (non-hydrogen) atoms. The van der Waals surface area contributed by atoms with Crippen LogP contribution in [0.2, 0.25) is 0 Å². The molecule has 0 N–H and O–H groups in total. The first-order chi connectivity index (χ1) is 28.3. The second-order valence-corrected chi connectivity index (χ2v) is 14.9. The fraction of sp³-hybridized carbons (Fsp3) is 0.0182. The van der Waals surface area contributed by atoms with Gasteiger partial charge in [-0.05, 0) is 99.6 Å². The molecule has 0 fully saturated rings. The third-order valence-corrected chi connectivity index (χ3v) is 11.9. The topological polar surface area (TPSA) is 8.17 Å². The number of para-hydroxylation sites is 3. The van der Waals surface area contributed by atoms with E-state index >= 15 is 0 Å². The number of rotatable bonds is 7. The maximum Gasteiger partial charge on any atom is 0.0714 e. The predicted octanol–water partition coefficient (Wildman–Crippen LogP) is 14.3. The molecule has 0 bridgehead atoms. The van der Waals surface area contributed by atoms with E-state index in [1.165, 1.54) is 72.0 Å². The molecule has 1 heterocycles. The van der Waals surface area contributed by atoms with Crippen LogP contribution in [0, 0.1) is 0 Å². The van der Waals surface area contributed by atoms with Gasteiger partial charge >= 0.3 is 0 Å². The average Bonchev–Trinajstić information content (AvgIpc) is 3.79. The van der Waals surface area contributed by atoms with Crippen molar-refractivity contribution < 1.29 is 0 Å². The van der Waals surface area contributed by atoms with Crippen molar-refractivity contribution >= 4 is 38.9 Å². The highest BCUT2D eigenvalue weighted by molar-refractivity contribution is 6.10. The molecule has 1 aromatic heterocycles. The van der Waals surface area contributed by atoms with Crippen molar-refractivity contribution in [3.05, 3.63) is 253 Å². The van der Waals surface area contributed by atoms with E-state index in [0.717, 1.165) is 17.1 Å². The summed E-state index contributed by atoms with van der Waals surface area (Å²) in [7, 11) is 0. The van der Waals surface area contributed by atoms with Gasteiger partial charge in [-0.3, -0.25) is 0 Å². The summed E-state index contributed by atoms with van der Waals surface area (Å²) in [4.78, 5) is 2.43. The van der Waals surface area contributed by atoms with Gasteiger partial charge in [-0.15, -0.1) is 0 Å². The Balaban J connectivity index is 1.08. The second kappa shape index (κ2) is 13.4. The number of benzene rings is 9. The number of anilines is 3. The van der Waals surface area contributed by atoms with Gasteiger partial charge in [0.15, 0.2) is 0 Å². The quantitative estimate of drug-likeness (QED) is 0.159. The van der Waals surface area contributed by atoms with Crippen LogP contribution in [0.4, 0.5) is 17.1 Å². The van der Waals surface area contributed by atoms with E-state index in [1.807, 2.05) is 0 Å². The maximum atomic E-state index is 2.43. The van der Waals surface area contributed by atoms with E-state index in [4.69, 9.17) is 0 Å². The average molecular weight is 727 g/mol. The lowest BCUT2D eigenvalue weighted by Crippen LogP contribution is -2.28. The number of hydrogen-bond acceptors (Lipinski definition) is 1. The molecule has 0 radical (unpaired) electrons. The maximum absolute atomic E-state index is 2.43. The first kappa shape index (κ1) is 33.0. The number of hydrogen-bond donors (Lipinski definition) is 0. The van der Waals surface area contributed by atoms with Crippen molar-refractivity contribution in [3.63, 3.8) is 0 Å². The highest BCUT2D eigenvalue weighted by Crippen LogP contribution is 2.59. The summed E-state index contributed by atoms with van der Waals surface area (Å²) < 4.78 is 2.37. The lowest BCUT2D eigenvalue weighted by atomic mass is 9.68. The van der Waals surface area contributed by atoms with E-state index < -0.39 is 5.41 Å². The van der Waals surface area contributed by atoms with Crippen LogP contribution >= 0.6 is 0 Å². The molecule has 0 spiro atoms. The lowest BCUT2D eigenvalue weighted by Gasteiger charge is -2.34. The monoisotopic (exact) mass is 726 g/mol. The van der Waals surface area contributed by atoms with Crippen molar-refractivity contribution in [2.45, 2.75) is 5.41 Å².